The third-order valence-corrected chi connectivity index (χ3v) is 2.80. The van der Waals surface area contributed by atoms with Crippen molar-refractivity contribution >= 4 is 23.7 Å². The molecule has 1 aliphatic rings. The molecule has 1 aromatic carbocycles. The number of nitro benzene ring substituents is 1. The molecule has 8 heteroatoms. The summed E-state index contributed by atoms with van der Waals surface area (Å²) in [6.45, 7) is 3.48. The number of aromatic hydroxyl groups is 1. The number of phenols is 1. The van der Waals surface area contributed by atoms with Crippen molar-refractivity contribution in [1.82, 2.24) is 10.2 Å². The topological polar surface area (TPSA) is 113 Å². The van der Waals surface area contributed by atoms with E-state index in [1.54, 1.807) is 0 Å². The maximum atomic E-state index is 12.0. The second-order valence-corrected chi connectivity index (χ2v) is 4.19. The molecule has 0 aromatic heterocycles. The molecule has 1 aromatic rings. The second kappa shape index (κ2) is 5.45. The van der Waals surface area contributed by atoms with Crippen molar-refractivity contribution in [2.75, 3.05) is 6.54 Å². The van der Waals surface area contributed by atoms with Gasteiger partial charge in [0.1, 0.15) is 11.4 Å². The number of hydrogen-bond acceptors (Lipinski definition) is 5. The molecule has 0 bridgehead atoms. The Bertz CT molecular complexity index is 680. The van der Waals surface area contributed by atoms with Crippen molar-refractivity contribution in [1.29, 1.82) is 0 Å². The first-order chi connectivity index (χ1) is 9.93. The first kappa shape index (κ1) is 14.3. The highest BCUT2D eigenvalue weighted by Crippen LogP contribution is 2.26. The summed E-state index contributed by atoms with van der Waals surface area (Å²) >= 11 is 0. The minimum absolute atomic E-state index is 0.0446. The molecule has 0 aliphatic carbocycles. The molecule has 1 saturated heterocycles. The van der Waals surface area contributed by atoms with Gasteiger partial charge < -0.3 is 10.4 Å². The van der Waals surface area contributed by atoms with Crippen molar-refractivity contribution in [2.45, 2.75) is 0 Å². The van der Waals surface area contributed by atoms with E-state index in [9.17, 15) is 24.8 Å². The van der Waals surface area contributed by atoms with E-state index in [2.05, 4.69) is 11.9 Å². The summed E-state index contributed by atoms with van der Waals surface area (Å²) < 4.78 is 0. The second-order valence-electron chi connectivity index (χ2n) is 4.19. The highest BCUT2D eigenvalue weighted by Gasteiger charge is 2.32. The highest BCUT2D eigenvalue weighted by molar-refractivity contribution is 6.14. The molecule has 1 heterocycles. The van der Waals surface area contributed by atoms with Crippen molar-refractivity contribution in [3.05, 3.63) is 52.2 Å². The lowest BCUT2D eigenvalue weighted by Gasteiger charge is -2.06. The van der Waals surface area contributed by atoms with E-state index >= 15 is 0 Å². The van der Waals surface area contributed by atoms with Crippen molar-refractivity contribution in [2.24, 2.45) is 0 Å². The molecule has 2 N–H and O–H groups in total. The summed E-state index contributed by atoms with van der Waals surface area (Å²) in [6.07, 6.45) is 2.58. The summed E-state index contributed by atoms with van der Waals surface area (Å²) in [5, 5.41) is 22.7. The molecule has 1 aliphatic heterocycles. The standard InChI is InChI=1S/C13H11N3O5/c1-2-5-15-12(18)10(14-13(15)19)7-8-6-9(16(20)21)3-4-11(8)17/h2-4,6-7,17H,1,5H2,(H,14,19)/b10-7+. The van der Waals surface area contributed by atoms with Crippen LogP contribution in [0.5, 0.6) is 5.75 Å². The van der Waals surface area contributed by atoms with Gasteiger partial charge in [-0.2, -0.15) is 0 Å². The molecule has 3 amide bonds. The van der Waals surface area contributed by atoms with Crippen LogP contribution in [0.3, 0.4) is 0 Å². The third-order valence-electron chi connectivity index (χ3n) is 2.80. The predicted molar refractivity (Wildman–Crippen MR) is 73.2 cm³/mol. The molecule has 0 unspecified atom stereocenters. The number of non-ortho nitro benzene ring substituents is 1. The lowest BCUT2D eigenvalue weighted by molar-refractivity contribution is -0.384. The van der Waals surface area contributed by atoms with Crippen molar-refractivity contribution in [3.63, 3.8) is 0 Å². The summed E-state index contributed by atoms with van der Waals surface area (Å²) in [6, 6.07) is 2.78. The Morgan fingerprint density at radius 2 is 2.14 bits per heavy atom. The third kappa shape index (κ3) is 2.73. The van der Waals surface area contributed by atoms with Gasteiger partial charge in [-0.3, -0.25) is 19.8 Å². The van der Waals surface area contributed by atoms with Gasteiger partial charge in [-0.1, -0.05) is 6.08 Å². The SMILES string of the molecule is C=CCN1C(=O)N/C(=C/c2cc([N+](=O)[O-])ccc2O)C1=O. The van der Waals surface area contributed by atoms with E-state index in [4.69, 9.17) is 0 Å². The molecule has 108 valence electrons. The number of phenolic OH excluding ortho intramolecular Hbond substituents is 1. The van der Waals surface area contributed by atoms with Crippen LogP contribution in [0.1, 0.15) is 5.56 Å². The number of imide groups is 1. The fourth-order valence-corrected chi connectivity index (χ4v) is 1.79. The number of benzene rings is 1. The van der Waals surface area contributed by atoms with E-state index in [-0.39, 0.29) is 29.2 Å². The van der Waals surface area contributed by atoms with Crippen LogP contribution in [0.4, 0.5) is 10.5 Å². The summed E-state index contributed by atoms with van der Waals surface area (Å²) in [5.74, 6) is -0.830. The van der Waals surface area contributed by atoms with Gasteiger partial charge >= 0.3 is 6.03 Å². The van der Waals surface area contributed by atoms with E-state index in [0.29, 0.717) is 0 Å². The van der Waals surface area contributed by atoms with Gasteiger partial charge in [0.2, 0.25) is 0 Å². The summed E-state index contributed by atoms with van der Waals surface area (Å²) in [4.78, 5) is 34.5. The Hall–Kier alpha value is -3.16. The van der Waals surface area contributed by atoms with Gasteiger partial charge in [-0.25, -0.2) is 4.79 Å². The van der Waals surface area contributed by atoms with Gasteiger partial charge in [-0.05, 0) is 12.1 Å². The lowest BCUT2D eigenvalue weighted by Crippen LogP contribution is -2.30. The Balaban J connectivity index is 2.38. The molecular formula is C13H11N3O5. The number of urea groups is 1. The Kier molecular flexibility index (Phi) is 3.70. The molecular weight excluding hydrogens is 278 g/mol. The van der Waals surface area contributed by atoms with Gasteiger partial charge in [0, 0.05) is 24.2 Å². The Labute approximate surface area is 119 Å². The molecule has 0 spiro atoms. The number of carbonyl (C=O) groups is 2. The first-order valence-corrected chi connectivity index (χ1v) is 5.87. The van der Waals surface area contributed by atoms with Crippen LogP contribution in [0.25, 0.3) is 6.08 Å². The zero-order valence-electron chi connectivity index (χ0n) is 10.8. The molecule has 8 nitrogen and oxygen atoms in total. The summed E-state index contributed by atoms with van der Waals surface area (Å²) in [7, 11) is 0. The normalized spacial score (nSPS) is 16.2. The van der Waals surface area contributed by atoms with E-state index in [0.717, 1.165) is 23.1 Å². The number of nitrogens with one attached hydrogen (secondary N) is 1. The maximum Gasteiger partial charge on any atom is 0.329 e. The van der Waals surface area contributed by atoms with Crippen LogP contribution in [-0.4, -0.2) is 33.4 Å². The smallest absolute Gasteiger partial charge is 0.329 e. The van der Waals surface area contributed by atoms with Gasteiger partial charge in [0.05, 0.1) is 4.92 Å². The van der Waals surface area contributed by atoms with Crippen molar-refractivity contribution in [3.8, 4) is 5.75 Å². The van der Waals surface area contributed by atoms with Gasteiger partial charge in [0.25, 0.3) is 11.6 Å². The van der Waals surface area contributed by atoms with Crippen LogP contribution < -0.4 is 5.32 Å². The van der Waals surface area contributed by atoms with Crippen LogP contribution in [0.2, 0.25) is 0 Å². The molecule has 0 radical (unpaired) electrons. The zero-order valence-corrected chi connectivity index (χ0v) is 10.8. The summed E-state index contributed by atoms with van der Waals surface area (Å²) in [5.41, 5.74) is -0.245. The van der Waals surface area contributed by atoms with Crippen LogP contribution in [0.15, 0.2) is 36.6 Å². The molecule has 1 fully saturated rings. The van der Waals surface area contributed by atoms with Gasteiger partial charge in [0.15, 0.2) is 0 Å². The first-order valence-electron chi connectivity index (χ1n) is 5.87. The molecule has 21 heavy (non-hydrogen) atoms. The fourth-order valence-electron chi connectivity index (χ4n) is 1.79. The number of carbonyl (C=O) groups excluding carboxylic acids is 2. The fraction of sp³-hybridized carbons (Fsp3) is 0.0769. The average Bonchev–Trinajstić information content (AvgIpc) is 2.69. The minimum atomic E-state index is -0.624. The number of rotatable bonds is 4. The Morgan fingerprint density at radius 3 is 2.76 bits per heavy atom. The van der Waals surface area contributed by atoms with Crippen molar-refractivity contribution < 1.29 is 19.6 Å². The predicted octanol–water partition coefficient (Wildman–Crippen LogP) is 1.38. The molecule has 2 rings (SSSR count). The van der Waals surface area contributed by atoms with Gasteiger partial charge in [-0.15, -0.1) is 6.58 Å². The van der Waals surface area contributed by atoms with Crippen LogP contribution >= 0.6 is 0 Å². The average molecular weight is 289 g/mol. The number of hydrogen-bond donors (Lipinski definition) is 2. The highest BCUT2D eigenvalue weighted by atomic mass is 16.6. The minimum Gasteiger partial charge on any atom is -0.507 e. The van der Waals surface area contributed by atoms with Crippen LogP contribution in [0, 0.1) is 10.1 Å². The quantitative estimate of drug-likeness (QED) is 0.286. The Morgan fingerprint density at radius 1 is 1.43 bits per heavy atom. The zero-order chi connectivity index (χ0) is 15.6. The van der Waals surface area contributed by atoms with E-state index in [1.807, 2.05) is 0 Å². The van der Waals surface area contributed by atoms with E-state index in [1.165, 1.54) is 12.2 Å². The van der Waals surface area contributed by atoms with Crippen LogP contribution in [-0.2, 0) is 4.79 Å². The molecule has 0 atom stereocenters. The number of amides is 3. The lowest BCUT2D eigenvalue weighted by atomic mass is 10.1. The number of nitrogens with zero attached hydrogens (tertiary/aromatic N) is 2. The van der Waals surface area contributed by atoms with E-state index < -0.39 is 16.9 Å². The number of nitro groups is 1. The monoisotopic (exact) mass is 289 g/mol. The molecule has 0 saturated carbocycles. The maximum absolute atomic E-state index is 12.0. The largest absolute Gasteiger partial charge is 0.507 e.